The zero-order valence-corrected chi connectivity index (χ0v) is 15.2. The first-order valence-corrected chi connectivity index (χ1v) is 8.71. The van der Waals surface area contributed by atoms with Crippen molar-refractivity contribution in [2.24, 2.45) is 7.05 Å². The summed E-state index contributed by atoms with van der Waals surface area (Å²) in [5.74, 6) is -0.650. The number of carbonyl (C=O) groups excluding carboxylic acids is 1. The Bertz CT molecular complexity index is 1150. The molecule has 29 heavy (non-hydrogen) atoms. The molecule has 0 unspecified atom stereocenters. The average Bonchev–Trinajstić information content (AvgIpc) is 3.19. The summed E-state index contributed by atoms with van der Waals surface area (Å²) in [4.78, 5) is 30.5. The second-order valence-electron chi connectivity index (χ2n) is 6.68. The minimum atomic E-state index is -4.57. The molecule has 1 aromatic carbocycles. The van der Waals surface area contributed by atoms with E-state index >= 15 is 0 Å². The van der Waals surface area contributed by atoms with Gasteiger partial charge in [0.2, 0.25) is 0 Å². The molecule has 1 amide bonds. The van der Waals surface area contributed by atoms with Crippen molar-refractivity contribution >= 4 is 5.91 Å². The summed E-state index contributed by atoms with van der Waals surface area (Å²) in [7, 11) is 1.60. The van der Waals surface area contributed by atoms with Crippen LogP contribution in [0.5, 0.6) is 0 Å². The van der Waals surface area contributed by atoms with Crippen LogP contribution in [0, 0.1) is 0 Å². The van der Waals surface area contributed by atoms with E-state index in [9.17, 15) is 22.8 Å². The predicted molar refractivity (Wildman–Crippen MR) is 94.9 cm³/mol. The molecule has 0 spiro atoms. The molecule has 0 radical (unpaired) electrons. The van der Waals surface area contributed by atoms with Gasteiger partial charge in [-0.2, -0.15) is 13.2 Å². The van der Waals surface area contributed by atoms with Crippen LogP contribution in [0.4, 0.5) is 13.2 Å². The molecule has 10 heteroatoms. The minimum absolute atomic E-state index is 0.107. The summed E-state index contributed by atoms with van der Waals surface area (Å²) in [6, 6.07) is 6.11. The summed E-state index contributed by atoms with van der Waals surface area (Å²) in [6.07, 6.45) is -2.84. The van der Waals surface area contributed by atoms with Gasteiger partial charge >= 0.3 is 6.18 Å². The smallest absolute Gasteiger partial charge is 0.355 e. The van der Waals surface area contributed by atoms with Crippen LogP contribution in [-0.2, 0) is 26.2 Å². The zero-order valence-electron chi connectivity index (χ0n) is 15.2. The summed E-state index contributed by atoms with van der Waals surface area (Å²) < 4.78 is 46.1. The minimum Gasteiger partial charge on any atom is -0.355 e. The predicted octanol–water partition coefficient (Wildman–Crippen LogP) is 2.65. The average molecular weight is 404 g/mol. The van der Waals surface area contributed by atoms with Crippen LogP contribution in [0.25, 0.3) is 11.3 Å². The summed E-state index contributed by atoms with van der Waals surface area (Å²) in [5.41, 5.74) is -0.278. The number of aryl methyl sites for hydroxylation is 1. The quantitative estimate of drug-likeness (QED) is 0.656. The lowest BCUT2D eigenvalue weighted by molar-refractivity contribution is -0.137. The van der Waals surface area contributed by atoms with E-state index in [1.54, 1.807) is 7.05 Å². The number of hydrogen-bond acceptors (Lipinski definition) is 5. The monoisotopic (exact) mass is 404 g/mol. The molecular weight excluding hydrogens is 389 g/mol. The van der Waals surface area contributed by atoms with Crippen LogP contribution >= 0.6 is 0 Å². The van der Waals surface area contributed by atoms with Crippen LogP contribution < -0.4 is 5.56 Å². The maximum Gasteiger partial charge on any atom is 0.417 e. The summed E-state index contributed by atoms with van der Waals surface area (Å²) in [6.45, 7) is 0.389. The van der Waals surface area contributed by atoms with Crippen molar-refractivity contribution in [3.8, 4) is 11.3 Å². The van der Waals surface area contributed by atoms with Crippen LogP contribution in [0.15, 0.2) is 46.0 Å². The number of nitrogens with zero attached hydrogens (tertiary/aromatic N) is 4. The Morgan fingerprint density at radius 1 is 1.24 bits per heavy atom. The van der Waals surface area contributed by atoms with Crippen LogP contribution in [-0.4, -0.2) is 32.1 Å². The van der Waals surface area contributed by atoms with Gasteiger partial charge in [-0.1, -0.05) is 23.4 Å². The highest BCUT2D eigenvalue weighted by Crippen LogP contribution is 2.37. The second-order valence-corrected chi connectivity index (χ2v) is 6.68. The Morgan fingerprint density at radius 3 is 2.76 bits per heavy atom. The van der Waals surface area contributed by atoms with E-state index in [0.717, 1.165) is 6.07 Å². The first kappa shape index (κ1) is 18.9. The molecule has 150 valence electrons. The largest absolute Gasteiger partial charge is 0.417 e. The third-order valence-corrected chi connectivity index (χ3v) is 4.80. The van der Waals surface area contributed by atoms with Gasteiger partial charge in [-0.15, -0.1) is 0 Å². The van der Waals surface area contributed by atoms with E-state index < -0.39 is 17.6 Å². The molecule has 0 bridgehead atoms. The van der Waals surface area contributed by atoms with E-state index in [0.29, 0.717) is 17.7 Å². The third-order valence-electron chi connectivity index (χ3n) is 4.80. The number of alkyl halides is 3. The normalized spacial score (nSPS) is 14.0. The molecule has 0 aliphatic carbocycles. The maximum atomic E-state index is 13.2. The first-order valence-electron chi connectivity index (χ1n) is 8.71. The highest BCUT2D eigenvalue weighted by Gasteiger charge is 2.35. The van der Waals surface area contributed by atoms with Gasteiger partial charge in [0.05, 0.1) is 24.1 Å². The van der Waals surface area contributed by atoms with Gasteiger partial charge in [-0.3, -0.25) is 9.59 Å². The molecular formula is C19H15F3N4O3. The summed E-state index contributed by atoms with van der Waals surface area (Å²) in [5, 5.41) is 3.66. The number of rotatable bonds is 2. The van der Waals surface area contributed by atoms with E-state index in [-0.39, 0.29) is 35.7 Å². The van der Waals surface area contributed by atoms with Gasteiger partial charge in [0.15, 0.2) is 11.5 Å². The Labute approximate surface area is 162 Å². The summed E-state index contributed by atoms with van der Waals surface area (Å²) >= 11 is 0. The van der Waals surface area contributed by atoms with Crippen molar-refractivity contribution in [3.05, 3.63) is 69.5 Å². The Hall–Kier alpha value is -3.43. The van der Waals surface area contributed by atoms with E-state index in [1.807, 2.05) is 0 Å². The third kappa shape index (κ3) is 3.41. The molecule has 2 aromatic heterocycles. The molecule has 0 N–H and O–H groups in total. The van der Waals surface area contributed by atoms with Gasteiger partial charge < -0.3 is 14.0 Å². The van der Waals surface area contributed by atoms with E-state index in [4.69, 9.17) is 4.52 Å². The highest BCUT2D eigenvalue weighted by molar-refractivity contribution is 5.93. The Morgan fingerprint density at radius 2 is 2.00 bits per heavy atom. The van der Waals surface area contributed by atoms with Gasteiger partial charge in [-0.25, -0.2) is 4.98 Å². The Kier molecular flexibility index (Phi) is 4.48. The maximum absolute atomic E-state index is 13.2. The van der Waals surface area contributed by atoms with E-state index in [1.165, 1.54) is 40.1 Å². The molecule has 0 fully saturated rings. The van der Waals surface area contributed by atoms with Gasteiger partial charge in [0.1, 0.15) is 0 Å². The van der Waals surface area contributed by atoms with Crippen molar-refractivity contribution in [1.82, 2.24) is 19.6 Å². The zero-order chi connectivity index (χ0) is 20.8. The first-order chi connectivity index (χ1) is 13.8. The molecule has 0 saturated carbocycles. The number of halogens is 3. The molecule has 7 nitrogen and oxygen atoms in total. The fraction of sp³-hybridized carbons (Fsp3) is 0.263. The topological polar surface area (TPSA) is 81.2 Å². The van der Waals surface area contributed by atoms with Crippen molar-refractivity contribution < 1.29 is 22.5 Å². The molecule has 3 aromatic rings. The number of amides is 1. The number of aromatic nitrogens is 3. The van der Waals surface area contributed by atoms with Crippen LogP contribution in [0.2, 0.25) is 0 Å². The lowest BCUT2D eigenvalue weighted by Gasteiger charge is -2.27. The number of carbonyl (C=O) groups is 1. The highest BCUT2D eigenvalue weighted by atomic mass is 19.4. The van der Waals surface area contributed by atoms with Crippen LogP contribution in [0.3, 0.4) is 0 Å². The van der Waals surface area contributed by atoms with Gasteiger partial charge in [0, 0.05) is 30.8 Å². The van der Waals surface area contributed by atoms with Crippen molar-refractivity contribution in [1.29, 1.82) is 0 Å². The molecule has 3 heterocycles. The standard InChI is InChI=1S/C19H15F3N4O3/c1-25-10-23-15-9-26(7-6-12(15)17(25)27)18(28)14-8-16(29-24-14)11-4-2-3-5-13(11)19(20,21)22/h2-5,8,10H,6-7,9H2,1H3. The van der Waals surface area contributed by atoms with Gasteiger partial charge in [0.25, 0.3) is 11.5 Å². The molecule has 0 atom stereocenters. The second kappa shape index (κ2) is 6.87. The fourth-order valence-corrected chi connectivity index (χ4v) is 3.30. The number of fused-ring (bicyclic) bond motifs is 1. The number of benzene rings is 1. The molecule has 4 rings (SSSR count). The van der Waals surface area contributed by atoms with Crippen molar-refractivity contribution in [2.75, 3.05) is 6.54 Å². The van der Waals surface area contributed by atoms with Crippen molar-refractivity contribution in [2.45, 2.75) is 19.1 Å². The lowest BCUT2D eigenvalue weighted by atomic mass is 10.0. The lowest BCUT2D eigenvalue weighted by Crippen LogP contribution is -2.40. The van der Waals surface area contributed by atoms with Gasteiger partial charge in [-0.05, 0) is 12.5 Å². The molecule has 1 aliphatic heterocycles. The SMILES string of the molecule is Cn1cnc2c(c1=O)CCN(C(=O)c1cc(-c3ccccc3C(F)(F)F)on1)C2. The van der Waals surface area contributed by atoms with Crippen LogP contribution in [0.1, 0.15) is 27.3 Å². The van der Waals surface area contributed by atoms with E-state index in [2.05, 4.69) is 10.1 Å². The fourth-order valence-electron chi connectivity index (χ4n) is 3.30. The molecule has 1 aliphatic rings. The Balaban J connectivity index is 1.60. The van der Waals surface area contributed by atoms with Crippen molar-refractivity contribution in [3.63, 3.8) is 0 Å². The number of hydrogen-bond donors (Lipinski definition) is 0. The molecule has 0 saturated heterocycles.